The van der Waals surface area contributed by atoms with Gasteiger partial charge in [0.2, 0.25) is 0 Å². The third-order valence-corrected chi connectivity index (χ3v) is 4.76. The molecular formula is C25H16N4O2. The zero-order chi connectivity index (χ0) is 22.4. The van der Waals surface area contributed by atoms with Crippen LogP contribution in [0.4, 0.5) is 0 Å². The van der Waals surface area contributed by atoms with E-state index in [-0.39, 0.29) is 23.5 Å². The van der Waals surface area contributed by atoms with Crippen molar-refractivity contribution in [1.82, 2.24) is 0 Å². The molecule has 6 nitrogen and oxygen atoms in total. The molecule has 0 aromatic heterocycles. The summed E-state index contributed by atoms with van der Waals surface area (Å²) in [6.45, 7) is 2.07. The number of hydrogen-bond acceptors (Lipinski definition) is 6. The minimum absolute atomic E-state index is 0.131. The second-order valence-corrected chi connectivity index (χ2v) is 6.36. The highest BCUT2D eigenvalue weighted by molar-refractivity contribution is 5.93. The van der Waals surface area contributed by atoms with E-state index in [1.165, 1.54) is 13.2 Å². The molecule has 0 fully saturated rings. The highest BCUT2D eigenvalue weighted by Crippen LogP contribution is 2.46. The largest absolute Gasteiger partial charge is 0.496 e. The van der Waals surface area contributed by atoms with Crippen molar-refractivity contribution in [1.29, 1.82) is 21.0 Å². The van der Waals surface area contributed by atoms with Crippen molar-refractivity contribution < 1.29 is 9.47 Å². The quantitative estimate of drug-likeness (QED) is 0.596. The zero-order valence-electron chi connectivity index (χ0n) is 16.9. The van der Waals surface area contributed by atoms with Gasteiger partial charge in [-0.05, 0) is 31.2 Å². The number of hydrogen-bond donors (Lipinski definition) is 0. The van der Waals surface area contributed by atoms with E-state index in [0.29, 0.717) is 39.1 Å². The summed E-state index contributed by atoms with van der Waals surface area (Å²) >= 11 is 0. The maximum Gasteiger partial charge on any atom is 0.129 e. The van der Waals surface area contributed by atoms with E-state index in [4.69, 9.17) is 9.47 Å². The SMILES string of the molecule is CCOc1cc(C#N)c(-c2ccccc2C#N)c(C#N)c1-c1c(C#N)cccc1OC. The van der Waals surface area contributed by atoms with Crippen LogP contribution in [0, 0.1) is 45.3 Å². The molecule has 0 atom stereocenters. The van der Waals surface area contributed by atoms with E-state index >= 15 is 0 Å². The number of benzene rings is 3. The molecule has 0 aliphatic heterocycles. The highest BCUT2D eigenvalue weighted by Gasteiger charge is 2.26. The minimum atomic E-state index is 0.131. The van der Waals surface area contributed by atoms with E-state index in [2.05, 4.69) is 24.3 Å². The molecule has 0 heterocycles. The van der Waals surface area contributed by atoms with Crippen molar-refractivity contribution in [2.45, 2.75) is 6.92 Å². The fourth-order valence-electron chi connectivity index (χ4n) is 3.51. The van der Waals surface area contributed by atoms with Crippen LogP contribution in [-0.4, -0.2) is 13.7 Å². The average molecular weight is 404 g/mol. The average Bonchev–Trinajstić information content (AvgIpc) is 2.82. The summed E-state index contributed by atoms with van der Waals surface area (Å²) in [4.78, 5) is 0. The van der Waals surface area contributed by atoms with Gasteiger partial charge >= 0.3 is 0 Å². The van der Waals surface area contributed by atoms with Crippen LogP contribution in [0.15, 0.2) is 48.5 Å². The molecule has 6 heteroatoms. The number of nitrogens with zero attached hydrogens (tertiary/aromatic N) is 4. The van der Waals surface area contributed by atoms with E-state index < -0.39 is 0 Å². The first-order chi connectivity index (χ1) is 15.1. The van der Waals surface area contributed by atoms with Gasteiger partial charge in [-0.1, -0.05) is 24.3 Å². The topological polar surface area (TPSA) is 114 Å². The molecule has 0 saturated heterocycles. The molecule has 0 bridgehead atoms. The van der Waals surface area contributed by atoms with Gasteiger partial charge in [0.1, 0.15) is 17.6 Å². The molecular weight excluding hydrogens is 388 g/mol. The molecule has 0 saturated carbocycles. The summed E-state index contributed by atoms with van der Waals surface area (Å²) in [5, 5.41) is 39.4. The van der Waals surface area contributed by atoms with Crippen molar-refractivity contribution in [3.8, 4) is 58.0 Å². The number of ether oxygens (including phenoxy) is 2. The Morgan fingerprint density at radius 2 is 1.39 bits per heavy atom. The molecule has 0 aliphatic rings. The lowest BCUT2D eigenvalue weighted by molar-refractivity contribution is 0.341. The van der Waals surface area contributed by atoms with E-state index in [1.807, 2.05) is 0 Å². The molecule has 0 unspecified atom stereocenters. The monoisotopic (exact) mass is 404 g/mol. The molecule has 3 aromatic rings. The maximum absolute atomic E-state index is 10.2. The molecule has 0 N–H and O–H groups in total. The highest BCUT2D eigenvalue weighted by atomic mass is 16.5. The number of methoxy groups -OCH3 is 1. The van der Waals surface area contributed by atoms with Crippen LogP contribution < -0.4 is 9.47 Å². The molecule has 0 spiro atoms. The van der Waals surface area contributed by atoms with Crippen molar-refractivity contribution in [2.75, 3.05) is 13.7 Å². The Balaban J connectivity index is 2.58. The smallest absolute Gasteiger partial charge is 0.129 e. The summed E-state index contributed by atoms with van der Waals surface area (Å²) in [5.41, 5.74) is 2.46. The standard InChI is InChI=1S/C25H16N4O2/c1-3-31-22-11-18(14-28)23(19-9-5-4-7-16(19)12-26)20(15-29)25(22)24-17(13-27)8-6-10-21(24)30-2/h4-11H,3H2,1-2H3. The molecule has 148 valence electrons. The Kier molecular flexibility index (Phi) is 6.18. The Morgan fingerprint density at radius 1 is 0.710 bits per heavy atom. The summed E-state index contributed by atoms with van der Waals surface area (Å²) in [6, 6.07) is 21.8. The lowest BCUT2D eigenvalue weighted by atomic mass is 9.85. The summed E-state index contributed by atoms with van der Waals surface area (Å²) < 4.78 is 11.3. The fourth-order valence-corrected chi connectivity index (χ4v) is 3.51. The van der Waals surface area contributed by atoms with E-state index in [9.17, 15) is 21.0 Å². The van der Waals surface area contributed by atoms with Crippen molar-refractivity contribution in [3.63, 3.8) is 0 Å². The van der Waals surface area contributed by atoms with Gasteiger partial charge < -0.3 is 9.47 Å². The molecule has 3 aromatic carbocycles. The third-order valence-electron chi connectivity index (χ3n) is 4.76. The summed E-state index contributed by atoms with van der Waals surface area (Å²) in [7, 11) is 1.47. The summed E-state index contributed by atoms with van der Waals surface area (Å²) in [5.74, 6) is 0.676. The van der Waals surface area contributed by atoms with Gasteiger partial charge in [-0.3, -0.25) is 0 Å². The van der Waals surface area contributed by atoms with Crippen molar-refractivity contribution in [3.05, 3.63) is 70.8 Å². The Labute approximate surface area is 180 Å². The van der Waals surface area contributed by atoms with Gasteiger partial charge in [-0.2, -0.15) is 21.0 Å². The first-order valence-electron chi connectivity index (χ1n) is 9.36. The third kappa shape index (κ3) is 3.63. The van der Waals surface area contributed by atoms with Crippen LogP contribution >= 0.6 is 0 Å². The minimum Gasteiger partial charge on any atom is -0.496 e. The van der Waals surface area contributed by atoms with Crippen LogP contribution in [0.5, 0.6) is 11.5 Å². The lowest BCUT2D eigenvalue weighted by Gasteiger charge is -2.20. The number of nitriles is 4. The Morgan fingerprint density at radius 3 is 2.00 bits per heavy atom. The van der Waals surface area contributed by atoms with Gasteiger partial charge in [0.05, 0.1) is 54.2 Å². The van der Waals surface area contributed by atoms with Crippen LogP contribution in [0.25, 0.3) is 22.3 Å². The predicted octanol–water partition coefficient (Wildman–Crippen LogP) is 4.91. The molecule has 3 rings (SSSR count). The van der Waals surface area contributed by atoms with Gasteiger partial charge in [0.25, 0.3) is 0 Å². The maximum atomic E-state index is 10.2. The second-order valence-electron chi connectivity index (χ2n) is 6.36. The van der Waals surface area contributed by atoms with Gasteiger partial charge in [-0.15, -0.1) is 0 Å². The Bertz CT molecular complexity index is 1330. The van der Waals surface area contributed by atoms with Crippen LogP contribution in [0.1, 0.15) is 29.2 Å². The van der Waals surface area contributed by atoms with Crippen LogP contribution in [-0.2, 0) is 0 Å². The van der Waals surface area contributed by atoms with Crippen LogP contribution in [0.2, 0.25) is 0 Å². The van der Waals surface area contributed by atoms with Gasteiger partial charge in [0.15, 0.2) is 0 Å². The lowest BCUT2D eigenvalue weighted by Crippen LogP contribution is -2.03. The first-order valence-corrected chi connectivity index (χ1v) is 9.36. The predicted molar refractivity (Wildman–Crippen MR) is 114 cm³/mol. The van der Waals surface area contributed by atoms with Crippen molar-refractivity contribution in [2.24, 2.45) is 0 Å². The molecule has 0 amide bonds. The first kappa shape index (κ1) is 20.9. The molecule has 0 aliphatic carbocycles. The molecule has 31 heavy (non-hydrogen) atoms. The van der Waals surface area contributed by atoms with Gasteiger partial charge in [0, 0.05) is 22.3 Å². The second kappa shape index (κ2) is 9.15. The normalized spacial score (nSPS) is 9.61. The van der Waals surface area contributed by atoms with E-state index in [1.54, 1.807) is 49.4 Å². The zero-order valence-corrected chi connectivity index (χ0v) is 16.9. The summed E-state index contributed by atoms with van der Waals surface area (Å²) in [6.07, 6.45) is 0. The fraction of sp³-hybridized carbons (Fsp3) is 0.120. The van der Waals surface area contributed by atoms with Crippen LogP contribution in [0.3, 0.4) is 0 Å². The molecule has 0 radical (unpaired) electrons. The Hall–Kier alpha value is -4.78. The number of rotatable bonds is 5. The van der Waals surface area contributed by atoms with Gasteiger partial charge in [-0.25, -0.2) is 0 Å². The van der Waals surface area contributed by atoms with Crippen molar-refractivity contribution >= 4 is 0 Å². The van der Waals surface area contributed by atoms with E-state index in [0.717, 1.165) is 0 Å².